The Morgan fingerprint density at radius 3 is 2.96 bits per heavy atom. The topological polar surface area (TPSA) is 78.1 Å². The van der Waals surface area contributed by atoms with Crippen LogP contribution < -0.4 is 10.9 Å². The summed E-state index contributed by atoms with van der Waals surface area (Å²) >= 11 is 0. The fourth-order valence-electron chi connectivity index (χ4n) is 3.61. The van der Waals surface area contributed by atoms with E-state index in [-0.39, 0.29) is 17.5 Å². The van der Waals surface area contributed by atoms with E-state index in [1.807, 2.05) is 23.1 Å². The zero-order chi connectivity index (χ0) is 18.7. The molecule has 0 saturated carbocycles. The molecule has 2 aromatic rings. The molecular formula is C20H28N4O2. The van der Waals surface area contributed by atoms with Gasteiger partial charge in [0.2, 0.25) is 11.9 Å². The van der Waals surface area contributed by atoms with E-state index in [9.17, 15) is 9.59 Å². The van der Waals surface area contributed by atoms with Crippen LogP contribution >= 0.6 is 0 Å². The van der Waals surface area contributed by atoms with Crippen LogP contribution in [0.4, 0.5) is 5.95 Å². The van der Waals surface area contributed by atoms with Crippen LogP contribution in [-0.2, 0) is 4.79 Å². The Morgan fingerprint density at radius 2 is 2.19 bits per heavy atom. The Balaban J connectivity index is 1.60. The van der Waals surface area contributed by atoms with Gasteiger partial charge in [0.05, 0.1) is 10.9 Å². The van der Waals surface area contributed by atoms with E-state index in [0.29, 0.717) is 41.7 Å². The number of fused-ring (bicyclic) bond motifs is 1. The zero-order valence-corrected chi connectivity index (χ0v) is 15.8. The highest BCUT2D eigenvalue weighted by atomic mass is 16.2. The molecule has 140 valence electrons. The number of carbonyl (C=O) groups is 1. The van der Waals surface area contributed by atoms with Crippen molar-refractivity contribution in [3.05, 3.63) is 34.6 Å². The van der Waals surface area contributed by atoms with Crippen molar-refractivity contribution in [2.24, 2.45) is 11.8 Å². The summed E-state index contributed by atoms with van der Waals surface area (Å²) in [4.78, 5) is 33.9. The van der Waals surface area contributed by atoms with Gasteiger partial charge in [0.25, 0.3) is 5.56 Å². The molecule has 1 aromatic heterocycles. The Morgan fingerprint density at radius 1 is 1.42 bits per heavy atom. The lowest BCUT2D eigenvalue weighted by atomic mass is 10.0. The van der Waals surface area contributed by atoms with Crippen molar-refractivity contribution in [1.82, 2.24) is 14.9 Å². The maximum Gasteiger partial charge on any atom is 0.260 e. The van der Waals surface area contributed by atoms with Gasteiger partial charge < -0.3 is 10.2 Å². The molecule has 2 heterocycles. The number of likely N-dealkylation sites (tertiary alicyclic amines) is 1. The van der Waals surface area contributed by atoms with Gasteiger partial charge in [-0.05, 0) is 37.3 Å². The molecule has 1 aliphatic heterocycles. The average molecular weight is 356 g/mol. The van der Waals surface area contributed by atoms with Crippen molar-refractivity contribution in [2.45, 2.75) is 46.1 Å². The van der Waals surface area contributed by atoms with Gasteiger partial charge in [-0.1, -0.05) is 32.4 Å². The normalized spacial score (nSPS) is 21.1. The average Bonchev–Trinajstić information content (AvgIpc) is 3.01. The van der Waals surface area contributed by atoms with Crippen LogP contribution in [-0.4, -0.2) is 39.9 Å². The predicted octanol–water partition coefficient (Wildman–Crippen LogP) is 3.01. The van der Waals surface area contributed by atoms with Gasteiger partial charge in [-0.25, -0.2) is 4.98 Å². The van der Waals surface area contributed by atoms with Crippen molar-refractivity contribution >= 4 is 22.8 Å². The fourth-order valence-corrected chi connectivity index (χ4v) is 3.61. The second-order valence-corrected chi connectivity index (χ2v) is 7.53. The number of benzene rings is 1. The number of nitrogens with zero attached hydrogens (tertiary/aromatic N) is 2. The maximum atomic E-state index is 12.5. The molecular weight excluding hydrogens is 328 g/mol. The van der Waals surface area contributed by atoms with Crippen molar-refractivity contribution in [1.29, 1.82) is 0 Å². The Hall–Kier alpha value is -2.37. The van der Waals surface area contributed by atoms with Crippen molar-refractivity contribution in [3.63, 3.8) is 0 Å². The summed E-state index contributed by atoms with van der Waals surface area (Å²) in [5, 5.41) is 3.84. The van der Waals surface area contributed by atoms with E-state index in [1.165, 1.54) is 0 Å². The van der Waals surface area contributed by atoms with Gasteiger partial charge in [-0.2, -0.15) is 0 Å². The van der Waals surface area contributed by atoms with E-state index >= 15 is 0 Å². The Labute approximate surface area is 154 Å². The van der Waals surface area contributed by atoms with Gasteiger partial charge in [-0.15, -0.1) is 0 Å². The smallest absolute Gasteiger partial charge is 0.260 e. The van der Waals surface area contributed by atoms with Crippen molar-refractivity contribution in [2.75, 3.05) is 18.4 Å². The van der Waals surface area contributed by atoms with Crippen LogP contribution in [0, 0.1) is 11.8 Å². The molecule has 26 heavy (non-hydrogen) atoms. The summed E-state index contributed by atoms with van der Waals surface area (Å²) in [7, 11) is 0. The highest BCUT2D eigenvalue weighted by Gasteiger charge is 2.32. The first-order valence-corrected chi connectivity index (χ1v) is 9.50. The number of aromatic nitrogens is 2. The van der Waals surface area contributed by atoms with Crippen LogP contribution in [0.2, 0.25) is 0 Å². The second kappa shape index (κ2) is 7.89. The molecule has 1 amide bonds. The molecule has 3 unspecified atom stereocenters. The summed E-state index contributed by atoms with van der Waals surface area (Å²) < 4.78 is 0. The minimum Gasteiger partial charge on any atom is -0.355 e. The summed E-state index contributed by atoms with van der Waals surface area (Å²) in [6.45, 7) is 7.82. The largest absolute Gasteiger partial charge is 0.355 e. The molecule has 6 nitrogen and oxygen atoms in total. The molecule has 3 rings (SSSR count). The number of carbonyl (C=O) groups excluding carboxylic acids is 1. The number of H-pyrrole nitrogens is 1. The summed E-state index contributed by atoms with van der Waals surface area (Å²) in [5.74, 6) is 1.54. The predicted molar refractivity (Wildman–Crippen MR) is 104 cm³/mol. The van der Waals surface area contributed by atoms with Crippen LogP contribution in [0.5, 0.6) is 0 Å². The molecule has 2 N–H and O–H groups in total. The standard InChI is InChI=1S/C20H28N4O2/c1-4-13(2)9-18(25)24-12-15(10-14(24)3)11-21-20-22-17-8-6-5-7-16(17)19(26)23-20/h5-8,13-15H,4,9-12H2,1-3H3,(H2,21,22,23,26). The lowest BCUT2D eigenvalue weighted by Gasteiger charge is -2.23. The number of hydrogen-bond donors (Lipinski definition) is 2. The third kappa shape index (κ3) is 4.06. The summed E-state index contributed by atoms with van der Waals surface area (Å²) in [6, 6.07) is 7.57. The van der Waals surface area contributed by atoms with Gasteiger partial charge in [0.1, 0.15) is 0 Å². The third-order valence-corrected chi connectivity index (χ3v) is 5.37. The molecule has 3 atom stereocenters. The van der Waals surface area contributed by atoms with Crippen LogP contribution in [0.3, 0.4) is 0 Å². The second-order valence-electron chi connectivity index (χ2n) is 7.53. The van der Waals surface area contributed by atoms with Gasteiger partial charge in [0, 0.05) is 25.6 Å². The molecule has 1 fully saturated rings. The molecule has 0 bridgehead atoms. The number of anilines is 1. The van der Waals surface area contributed by atoms with Gasteiger partial charge in [0.15, 0.2) is 0 Å². The van der Waals surface area contributed by atoms with Crippen LogP contribution in [0.15, 0.2) is 29.1 Å². The van der Waals surface area contributed by atoms with E-state index in [0.717, 1.165) is 19.4 Å². The van der Waals surface area contributed by atoms with Gasteiger partial charge >= 0.3 is 0 Å². The lowest BCUT2D eigenvalue weighted by Crippen LogP contribution is -2.35. The first-order valence-electron chi connectivity index (χ1n) is 9.50. The maximum absolute atomic E-state index is 12.5. The SMILES string of the molecule is CCC(C)CC(=O)N1CC(CNc2nc3ccccc3c(=O)[nH]2)CC1C. The molecule has 0 spiro atoms. The lowest BCUT2D eigenvalue weighted by molar-refractivity contribution is -0.132. The number of amides is 1. The van der Waals surface area contributed by atoms with E-state index in [4.69, 9.17) is 0 Å². The number of aromatic amines is 1. The van der Waals surface area contributed by atoms with Crippen LogP contribution in [0.25, 0.3) is 10.9 Å². The minimum absolute atomic E-state index is 0.136. The number of nitrogens with one attached hydrogen (secondary N) is 2. The first-order chi connectivity index (χ1) is 12.5. The van der Waals surface area contributed by atoms with E-state index in [2.05, 4.69) is 36.1 Å². The third-order valence-electron chi connectivity index (χ3n) is 5.37. The van der Waals surface area contributed by atoms with Gasteiger partial charge in [-0.3, -0.25) is 14.6 Å². The molecule has 1 aliphatic rings. The molecule has 0 radical (unpaired) electrons. The summed E-state index contributed by atoms with van der Waals surface area (Å²) in [6.07, 6.45) is 2.62. The Bertz CT molecular complexity index is 832. The zero-order valence-electron chi connectivity index (χ0n) is 15.8. The first kappa shape index (κ1) is 18.4. The van der Waals surface area contributed by atoms with Crippen LogP contribution in [0.1, 0.15) is 40.0 Å². The molecule has 1 aromatic carbocycles. The molecule has 0 aliphatic carbocycles. The number of hydrogen-bond acceptors (Lipinski definition) is 4. The highest BCUT2D eigenvalue weighted by molar-refractivity contribution is 5.78. The highest BCUT2D eigenvalue weighted by Crippen LogP contribution is 2.25. The minimum atomic E-state index is -0.136. The number of para-hydroxylation sites is 1. The number of rotatable bonds is 6. The van der Waals surface area contributed by atoms with E-state index < -0.39 is 0 Å². The Kier molecular flexibility index (Phi) is 5.59. The summed E-state index contributed by atoms with van der Waals surface area (Å²) in [5.41, 5.74) is 0.548. The van der Waals surface area contributed by atoms with E-state index in [1.54, 1.807) is 6.07 Å². The molecule has 1 saturated heterocycles. The van der Waals surface area contributed by atoms with Crippen molar-refractivity contribution in [3.8, 4) is 0 Å². The monoisotopic (exact) mass is 356 g/mol. The fraction of sp³-hybridized carbons (Fsp3) is 0.550. The molecule has 6 heteroatoms. The van der Waals surface area contributed by atoms with Crippen molar-refractivity contribution < 1.29 is 4.79 Å². The quantitative estimate of drug-likeness (QED) is 0.834.